The fourth-order valence-corrected chi connectivity index (χ4v) is 3.15. The maximum absolute atomic E-state index is 10.9. The predicted molar refractivity (Wildman–Crippen MR) is 109 cm³/mol. The molecule has 1 aliphatic heterocycles. The minimum atomic E-state index is -0.408. The zero-order chi connectivity index (χ0) is 18.8. The Hall–Kier alpha value is -2.56. The Balaban J connectivity index is 0.00000225. The number of anilines is 1. The lowest BCUT2D eigenvalue weighted by Crippen LogP contribution is -3.00. The molecule has 0 fully saturated rings. The van der Waals surface area contributed by atoms with E-state index in [1.807, 2.05) is 54.6 Å². The van der Waals surface area contributed by atoms with Crippen LogP contribution in [0.5, 0.6) is 0 Å². The summed E-state index contributed by atoms with van der Waals surface area (Å²) in [5.41, 5.74) is 6.07. The summed E-state index contributed by atoms with van der Waals surface area (Å²) < 4.78 is 1.13. The molecule has 1 aliphatic rings. The average Bonchev–Trinajstić information content (AvgIpc) is 3.15. The molecule has 0 bridgehead atoms. The van der Waals surface area contributed by atoms with Gasteiger partial charge in [0, 0.05) is 32.9 Å². The van der Waals surface area contributed by atoms with E-state index in [9.17, 15) is 10.1 Å². The van der Waals surface area contributed by atoms with Gasteiger partial charge in [-0.2, -0.15) is 0 Å². The van der Waals surface area contributed by atoms with Crippen LogP contribution in [0.25, 0.3) is 0 Å². The van der Waals surface area contributed by atoms with Crippen LogP contribution in [0, 0.1) is 13.7 Å². The molecule has 0 aliphatic carbocycles. The summed E-state index contributed by atoms with van der Waals surface area (Å²) in [7, 11) is 0. The maximum Gasteiger partial charge on any atom is 0.269 e. The number of benzene rings is 3. The molecule has 0 saturated heterocycles. The lowest BCUT2D eigenvalue weighted by atomic mass is 10.2. The molecule has 0 radical (unpaired) electrons. The Labute approximate surface area is 181 Å². The molecule has 28 heavy (non-hydrogen) atoms. The Kier molecular flexibility index (Phi) is 6.22. The number of azo groups is 1. The summed E-state index contributed by atoms with van der Waals surface area (Å²) in [4.78, 5) is 12.3. The van der Waals surface area contributed by atoms with Crippen LogP contribution in [0.15, 0.2) is 84.0 Å². The molecule has 0 amide bonds. The summed E-state index contributed by atoms with van der Waals surface area (Å²) in [5, 5.41) is 17.5. The SMILES string of the molecule is O=[N+]([O-])c1ccc(N2NC(c3ccccc3)N=[N+]2c2ccc(I)cc2)cc1.[Cl-]. The third-order valence-electron chi connectivity index (χ3n) is 4.14. The van der Waals surface area contributed by atoms with E-state index in [2.05, 4.69) is 28.0 Å². The number of hydrogen-bond donors (Lipinski definition) is 1. The molecule has 7 nitrogen and oxygen atoms in total. The highest BCUT2D eigenvalue weighted by atomic mass is 127. The van der Waals surface area contributed by atoms with Crippen molar-refractivity contribution in [2.75, 3.05) is 5.12 Å². The number of rotatable bonds is 4. The zero-order valence-corrected chi connectivity index (χ0v) is 17.4. The first-order valence-corrected chi connectivity index (χ1v) is 9.32. The van der Waals surface area contributed by atoms with Crippen molar-refractivity contribution in [3.63, 3.8) is 0 Å². The van der Waals surface area contributed by atoms with Gasteiger partial charge in [-0.1, -0.05) is 30.3 Å². The summed E-state index contributed by atoms with van der Waals surface area (Å²) in [6, 6.07) is 24.3. The van der Waals surface area contributed by atoms with E-state index in [0.29, 0.717) is 0 Å². The summed E-state index contributed by atoms with van der Waals surface area (Å²) in [5.74, 6) is 0. The second-order valence-electron chi connectivity index (χ2n) is 5.91. The van der Waals surface area contributed by atoms with Gasteiger partial charge in [-0.15, -0.1) is 5.43 Å². The van der Waals surface area contributed by atoms with Crippen molar-refractivity contribution < 1.29 is 22.1 Å². The van der Waals surface area contributed by atoms with Gasteiger partial charge in [0.1, 0.15) is 5.69 Å². The van der Waals surface area contributed by atoms with Gasteiger partial charge in [0.05, 0.1) is 9.73 Å². The van der Waals surface area contributed by atoms with Gasteiger partial charge in [0.15, 0.2) is 0 Å². The highest BCUT2D eigenvalue weighted by Crippen LogP contribution is 2.30. The summed E-state index contributed by atoms with van der Waals surface area (Å²) in [6.07, 6.45) is -0.263. The van der Waals surface area contributed by atoms with Gasteiger partial charge >= 0.3 is 0 Å². The second-order valence-corrected chi connectivity index (χ2v) is 7.15. The van der Waals surface area contributed by atoms with Gasteiger partial charge in [0.25, 0.3) is 11.4 Å². The number of hydrogen-bond acceptors (Lipinski definition) is 5. The van der Waals surface area contributed by atoms with E-state index in [-0.39, 0.29) is 24.3 Å². The minimum Gasteiger partial charge on any atom is -1.00 e. The molecule has 1 atom stereocenters. The van der Waals surface area contributed by atoms with Crippen LogP contribution in [0.4, 0.5) is 17.1 Å². The minimum absolute atomic E-state index is 0. The molecule has 3 aromatic rings. The quantitative estimate of drug-likeness (QED) is 0.254. The van der Waals surface area contributed by atoms with Crippen molar-refractivity contribution in [2.24, 2.45) is 5.11 Å². The van der Waals surface area contributed by atoms with Crippen LogP contribution in [0.3, 0.4) is 0 Å². The van der Waals surface area contributed by atoms with Gasteiger partial charge in [-0.05, 0) is 57.5 Å². The van der Waals surface area contributed by atoms with E-state index < -0.39 is 4.92 Å². The van der Waals surface area contributed by atoms with E-state index in [4.69, 9.17) is 5.11 Å². The van der Waals surface area contributed by atoms with Gasteiger partial charge < -0.3 is 12.4 Å². The molecule has 0 saturated carbocycles. The molecule has 4 rings (SSSR count). The van der Waals surface area contributed by atoms with Crippen molar-refractivity contribution in [1.82, 2.24) is 5.43 Å². The predicted octanol–water partition coefficient (Wildman–Crippen LogP) is 1.94. The molecule has 1 unspecified atom stereocenters. The molecule has 1 heterocycles. The standard InChI is InChI=1S/C19H15IN5O2.ClH/c20-15-6-8-16(9-7-15)23-21-19(14-4-2-1-3-5-14)22-24(23)17-10-12-18(13-11-17)25(26)27;/h1-13,19,22H;1H/q+1;/p-1. The Bertz CT molecular complexity index is 997. The third kappa shape index (κ3) is 4.13. The zero-order valence-electron chi connectivity index (χ0n) is 14.4. The normalized spacial score (nSPS) is 15.7. The van der Waals surface area contributed by atoms with Gasteiger partial charge in [0.2, 0.25) is 6.17 Å². The van der Waals surface area contributed by atoms with Crippen molar-refractivity contribution in [3.8, 4) is 0 Å². The summed E-state index contributed by atoms with van der Waals surface area (Å²) in [6.45, 7) is 0. The fraction of sp³-hybridized carbons (Fsp3) is 0.0526. The maximum atomic E-state index is 10.9. The number of hydrazine groups is 2. The summed E-state index contributed by atoms with van der Waals surface area (Å²) >= 11 is 2.26. The number of nitro groups is 1. The highest BCUT2D eigenvalue weighted by molar-refractivity contribution is 14.1. The van der Waals surface area contributed by atoms with E-state index >= 15 is 0 Å². The van der Waals surface area contributed by atoms with Crippen molar-refractivity contribution in [3.05, 3.63) is 98.1 Å². The van der Waals surface area contributed by atoms with E-state index in [1.165, 1.54) is 12.1 Å². The highest BCUT2D eigenvalue weighted by Gasteiger charge is 2.36. The lowest BCUT2D eigenvalue weighted by molar-refractivity contribution is -0.517. The first kappa shape index (κ1) is 20.2. The first-order valence-electron chi connectivity index (χ1n) is 8.24. The first-order chi connectivity index (χ1) is 13.1. The van der Waals surface area contributed by atoms with Crippen LogP contribution in [-0.4, -0.2) is 9.73 Å². The Morgan fingerprint density at radius 3 is 2.25 bits per heavy atom. The topological polar surface area (TPSA) is 73.8 Å². The van der Waals surface area contributed by atoms with Crippen molar-refractivity contribution in [2.45, 2.75) is 6.17 Å². The fourth-order valence-electron chi connectivity index (χ4n) is 2.79. The van der Waals surface area contributed by atoms with Crippen LogP contribution in [0.2, 0.25) is 0 Å². The van der Waals surface area contributed by atoms with Crippen LogP contribution in [-0.2, 0) is 0 Å². The molecule has 1 N–H and O–H groups in total. The molecule has 3 aromatic carbocycles. The average molecular weight is 508 g/mol. The van der Waals surface area contributed by atoms with Gasteiger partial charge in [-0.25, -0.2) is 0 Å². The molecule has 0 aromatic heterocycles. The number of nitrogens with zero attached hydrogens (tertiary/aromatic N) is 4. The molecule has 0 spiro atoms. The number of nitro benzene ring substituents is 1. The molecule has 9 heteroatoms. The Morgan fingerprint density at radius 2 is 1.64 bits per heavy atom. The van der Waals surface area contributed by atoms with Crippen molar-refractivity contribution >= 4 is 39.7 Å². The Morgan fingerprint density at radius 1 is 1.00 bits per heavy atom. The third-order valence-corrected chi connectivity index (χ3v) is 4.86. The van der Waals surface area contributed by atoms with Gasteiger partial charge in [-0.3, -0.25) is 10.1 Å². The van der Waals surface area contributed by atoms with Crippen LogP contribution in [0.1, 0.15) is 11.7 Å². The monoisotopic (exact) mass is 507 g/mol. The number of non-ortho nitro benzene ring substituents is 1. The molecular formula is C19H15ClIN5O2. The molecular weight excluding hydrogens is 493 g/mol. The van der Waals surface area contributed by atoms with Crippen molar-refractivity contribution in [1.29, 1.82) is 0 Å². The number of halogens is 2. The molecule has 142 valence electrons. The van der Waals surface area contributed by atoms with E-state index in [0.717, 1.165) is 20.5 Å². The second kappa shape index (κ2) is 8.63. The van der Waals surface area contributed by atoms with Crippen LogP contribution >= 0.6 is 22.6 Å². The largest absolute Gasteiger partial charge is 1.00 e. The van der Waals surface area contributed by atoms with Crippen LogP contribution < -0.4 is 23.0 Å². The lowest BCUT2D eigenvalue weighted by Gasteiger charge is -2.13. The van der Waals surface area contributed by atoms with E-state index in [1.54, 1.807) is 22.1 Å². The number of nitrogens with one attached hydrogen (secondary N) is 1. The smallest absolute Gasteiger partial charge is 0.269 e.